The van der Waals surface area contributed by atoms with Crippen LogP contribution < -0.4 is 5.73 Å². The normalized spacial score (nSPS) is 18.1. The number of anilines is 1. The molecule has 1 heterocycles. The van der Waals surface area contributed by atoms with Crippen molar-refractivity contribution in [3.05, 3.63) is 28.8 Å². The number of aryl methyl sites for hydroxylation is 1. The van der Waals surface area contributed by atoms with Gasteiger partial charge in [0.1, 0.15) is 5.69 Å². The Hall–Kier alpha value is -1.89. The summed E-state index contributed by atoms with van der Waals surface area (Å²) in [6, 6.07) is -0.336. The highest BCUT2D eigenvalue weighted by Gasteiger charge is 2.23. The molecular formula is C15H24N4O6S2. The molecule has 0 aromatic carbocycles. The highest BCUT2D eigenvalue weighted by atomic mass is 32.2. The summed E-state index contributed by atoms with van der Waals surface area (Å²) in [4.78, 5) is 1.69. The van der Waals surface area contributed by atoms with Crippen molar-refractivity contribution >= 4 is 25.6 Å². The largest absolute Gasteiger partial charge is 0.492 e. The number of hydrogen-bond acceptors (Lipinski definition) is 8. The van der Waals surface area contributed by atoms with E-state index in [1.54, 1.807) is 26.1 Å². The van der Waals surface area contributed by atoms with Gasteiger partial charge in [0.25, 0.3) is 10.1 Å². The van der Waals surface area contributed by atoms with Crippen LogP contribution in [0.3, 0.4) is 0 Å². The van der Waals surface area contributed by atoms with Crippen molar-refractivity contribution in [3.63, 3.8) is 0 Å². The van der Waals surface area contributed by atoms with E-state index in [0.717, 1.165) is 0 Å². The SMILES string of the molecule is Cc1nn(C2C=CC(S(=O)(=O)CCN(C)CCS(=O)(=O)O)=CC2)c(O)c1N. The molecule has 1 aromatic rings. The highest BCUT2D eigenvalue weighted by Crippen LogP contribution is 2.31. The predicted octanol–water partition coefficient (Wildman–Crippen LogP) is 0.0986. The molecule has 1 aliphatic carbocycles. The number of nitrogens with two attached hydrogens (primary N) is 1. The molecule has 2 rings (SSSR count). The van der Waals surface area contributed by atoms with E-state index in [4.69, 9.17) is 10.3 Å². The van der Waals surface area contributed by atoms with Crippen LogP contribution in [0.15, 0.2) is 23.1 Å². The summed E-state index contributed by atoms with van der Waals surface area (Å²) >= 11 is 0. The van der Waals surface area contributed by atoms with Gasteiger partial charge in [0, 0.05) is 13.1 Å². The maximum Gasteiger partial charge on any atom is 0.266 e. The number of nitrogens with zero attached hydrogens (tertiary/aromatic N) is 3. The highest BCUT2D eigenvalue weighted by molar-refractivity contribution is 7.95. The van der Waals surface area contributed by atoms with E-state index in [1.165, 1.54) is 15.7 Å². The third kappa shape index (κ3) is 5.54. The van der Waals surface area contributed by atoms with Gasteiger partial charge in [-0.3, -0.25) is 4.55 Å². The average Bonchev–Trinajstić information content (AvgIpc) is 2.85. The van der Waals surface area contributed by atoms with Crippen molar-refractivity contribution in [3.8, 4) is 5.88 Å². The molecule has 0 fully saturated rings. The maximum atomic E-state index is 12.5. The Morgan fingerprint density at radius 1 is 1.30 bits per heavy atom. The zero-order chi connectivity index (χ0) is 20.4. The monoisotopic (exact) mass is 420 g/mol. The summed E-state index contributed by atoms with van der Waals surface area (Å²) in [5, 5.41) is 14.1. The van der Waals surface area contributed by atoms with Gasteiger partial charge in [-0.25, -0.2) is 13.1 Å². The van der Waals surface area contributed by atoms with Gasteiger partial charge in [-0.05, 0) is 26.5 Å². The second kappa shape index (κ2) is 8.00. The fraction of sp³-hybridized carbons (Fsp3) is 0.533. The molecule has 0 spiro atoms. The van der Waals surface area contributed by atoms with Crippen molar-refractivity contribution in [1.82, 2.24) is 14.7 Å². The second-order valence-electron chi connectivity index (χ2n) is 6.44. The molecule has 1 unspecified atom stereocenters. The van der Waals surface area contributed by atoms with E-state index in [-0.39, 0.29) is 41.4 Å². The van der Waals surface area contributed by atoms with Crippen molar-refractivity contribution in [2.75, 3.05) is 37.4 Å². The molecule has 0 saturated carbocycles. The Morgan fingerprint density at radius 3 is 2.41 bits per heavy atom. The van der Waals surface area contributed by atoms with Crippen molar-refractivity contribution < 1.29 is 26.5 Å². The molecule has 0 amide bonds. The lowest BCUT2D eigenvalue weighted by Gasteiger charge is -2.19. The lowest BCUT2D eigenvalue weighted by atomic mass is 10.1. The number of aromatic hydroxyl groups is 1. The minimum Gasteiger partial charge on any atom is -0.492 e. The summed E-state index contributed by atoms with van der Waals surface area (Å²) < 4.78 is 56.5. The number of rotatable bonds is 8. The predicted molar refractivity (Wildman–Crippen MR) is 102 cm³/mol. The van der Waals surface area contributed by atoms with E-state index in [1.807, 2.05) is 0 Å². The maximum absolute atomic E-state index is 12.5. The molecule has 10 nitrogen and oxygen atoms in total. The molecule has 12 heteroatoms. The van der Waals surface area contributed by atoms with E-state index < -0.39 is 25.7 Å². The molecule has 0 saturated heterocycles. The number of hydrogen-bond donors (Lipinski definition) is 3. The number of sulfone groups is 1. The molecule has 0 bridgehead atoms. The van der Waals surface area contributed by atoms with Crippen LogP contribution in [-0.4, -0.2) is 72.8 Å². The molecule has 4 N–H and O–H groups in total. The molecule has 0 radical (unpaired) electrons. The van der Waals surface area contributed by atoms with E-state index in [9.17, 15) is 21.9 Å². The lowest BCUT2D eigenvalue weighted by Crippen LogP contribution is -2.30. The summed E-state index contributed by atoms with van der Waals surface area (Å²) in [7, 11) is -6.05. The molecule has 1 aromatic heterocycles. The first kappa shape index (κ1) is 21.4. The summed E-state index contributed by atoms with van der Waals surface area (Å²) in [5.74, 6) is -0.791. The van der Waals surface area contributed by atoms with E-state index in [2.05, 4.69) is 5.10 Å². The van der Waals surface area contributed by atoms with Gasteiger partial charge in [0.2, 0.25) is 5.88 Å². The van der Waals surface area contributed by atoms with Crippen LogP contribution >= 0.6 is 0 Å². The molecule has 27 heavy (non-hydrogen) atoms. The summed E-state index contributed by atoms with van der Waals surface area (Å²) in [5.41, 5.74) is 6.39. The third-order valence-electron chi connectivity index (χ3n) is 4.29. The first-order chi connectivity index (χ1) is 12.4. The van der Waals surface area contributed by atoms with E-state index in [0.29, 0.717) is 12.1 Å². The Morgan fingerprint density at radius 2 is 1.93 bits per heavy atom. The Labute approximate surface area is 158 Å². The van der Waals surface area contributed by atoms with Crippen LogP contribution in [0, 0.1) is 6.92 Å². The molecule has 0 aliphatic heterocycles. The minimum atomic E-state index is -4.08. The zero-order valence-electron chi connectivity index (χ0n) is 15.1. The summed E-state index contributed by atoms with van der Waals surface area (Å²) in [6.07, 6.45) is 5.00. The Balaban J connectivity index is 1.97. The van der Waals surface area contributed by atoms with Crippen LogP contribution in [0.5, 0.6) is 5.88 Å². The van der Waals surface area contributed by atoms with Gasteiger partial charge in [0.15, 0.2) is 9.84 Å². The Kier molecular flexibility index (Phi) is 6.35. The van der Waals surface area contributed by atoms with Crippen molar-refractivity contribution in [2.45, 2.75) is 19.4 Å². The van der Waals surface area contributed by atoms with Crippen molar-refractivity contribution in [1.29, 1.82) is 0 Å². The van der Waals surface area contributed by atoms with Gasteiger partial charge < -0.3 is 15.7 Å². The van der Waals surface area contributed by atoms with Crippen LogP contribution in [-0.2, 0) is 20.0 Å². The second-order valence-corrected chi connectivity index (χ2v) is 10.1. The van der Waals surface area contributed by atoms with Crippen LogP contribution in [0.4, 0.5) is 5.69 Å². The fourth-order valence-corrected chi connectivity index (χ4v) is 4.52. The molecule has 1 aliphatic rings. The third-order valence-corrected chi connectivity index (χ3v) is 6.73. The first-order valence-electron chi connectivity index (χ1n) is 8.19. The fourth-order valence-electron chi connectivity index (χ4n) is 2.56. The number of allylic oxidation sites excluding steroid dienone is 3. The first-order valence-corrected chi connectivity index (χ1v) is 11.5. The summed E-state index contributed by atoms with van der Waals surface area (Å²) in [6.45, 7) is 1.83. The van der Waals surface area contributed by atoms with Gasteiger partial charge in [-0.1, -0.05) is 12.2 Å². The molecular weight excluding hydrogens is 396 g/mol. The van der Waals surface area contributed by atoms with Gasteiger partial charge in [-0.2, -0.15) is 13.5 Å². The van der Waals surface area contributed by atoms with Gasteiger partial charge in [0.05, 0.1) is 28.1 Å². The van der Waals surface area contributed by atoms with Crippen LogP contribution in [0.25, 0.3) is 0 Å². The topological polar surface area (TPSA) is 156 Å². The number of aromatic nitrogens is 2. The lowest BCUT2D eigenvalue weighted by molar-refractivity contribution is 0.368. The van der Waals surface area contributed by atoms with Gasteiger partial charge >= 0.3 is 0 Å². The quantitative estimate of drug-likeness (QED) is 0.496. The zero-order valence-corrected chi connectivity index (χ0v) is 16.7. The molecule has 1 atom stereocenters. The van der Waals surface area contributed by atoms with E-state index >= 15 is 0 Å². The van der Waals surface area contributed by atoms with Crippen LogP contribution in [0.2, 0.25) is 0 Å². The average molecular weight is 421 g/mol. The smallest absolute Gasteiger partial charge is 0.266 e. The standard InChI is InChI=1S/C15H24N4O6S2/c1-11-14(16)15(20)19(17-11)12-3-5-13(6-4-12)26(21,22)9-7-18(2)8-10-27(23,24)25/h3,5-6,12,20H,4,7-10,16H2,1-2H3,(H,23,24,25). The molecule has 152 valence electrons. The number of nitrogen functional groups attached to an aromatic ring is 1. The Bertz CT molecular complexity index is 963. The van der Waals surface area contributed by atoms with Crippen LogP contribution in [0.1, 0.15) is 18.2 Å². The van der Waals surface area contributed by atoms with Crippen molar-refractivity contribution in [2.24, 2.45) is 0 Å². The minimum absolute atomic E-state index is 0.0324. The van der Waals surface area contributed by atoms with Gasteiger partial charge in [-0.15, -0.1) is 0 Å².